The first-order chi connectivity index (χ1) is 8.46. The molecular formula is C12H9ClO4S. The average Bonchev–Trinajstić information content (AvgIpc) is 2.63. The fourth-order valence-electron chi connectivity index (χ4n) is 1.62. The standard InChI is InChI=1S/C12H9ClO4S/c1-17-12(14)11-6-5-10(18(11,15)16)8-3-2-4-9(13)7-8/h2-7H,1H3. The van der Waals surface area contributed by atoms with E-state index >= 15 is 0 Å². The Bertz CT molecular complexity index is 671. The van der Waals surface area contributed by atoms with Gasteiger partial charge in [0, 0.05) is 5.02 Å². The molecule has 0 aliphatic carbocycles. The molecule has 0 saturated heterocycles. The smallest absolute Gasteiger partial charge is 0.349 e. The Kier molecular flexibility index (Phi) is 3.28. The monoisotopic (exact) mass is 284 g/mol. The van der Waals surface area contributed by atoms with Crippen LogP contribution >= 0.6 is 11.6 Å². The topological polar surface area (TPSA) is 60.4 Å². The van der Waals surface area contributed by atoms with Crippen molar-refractivity contribution in [2.45, 2.75) is 0 Å². The number of rotatable bonds is 2. The molecular weight excluding hydrogens is 276 g/mol. The van der Waals surface area contributed by atoms with Crippen molar-refractivity contribution in [1.82, 2.24) is 0 Å². The first-order valence-electron chi connectivity index (χ1n) is 4.98. The summed E-state index contributed by atoms with van der Waals surface area (Å²) in [5.74, 6) is -0.872. The van der Waals surface area contributed by atoms with Crippen LogP contribution in [0.4, 0.5) is 0 Å². The van der Waals surface area contributed by atoms with Crippen LogP contribution in [0.25, 0.3) is 4.91 Å². The molecule has 94 valence electrons. The number of benzene rings is 1. The van der Waals surface area contributed by atoms with Gasteiger partial charge < -0.3 is 4.74 Å². The number of hydrogen-bond acceptors (Lipinski definition) is 4. The van der Waals surface area contributed by atoms with Crippen LogP contribution in [-0.2, 0) is 19.4 Å². The highest BCUT2D eigenvalue weighted by molar-refractivity contribution is 8.05. The maximum Gasteiger partial charge on any atom is 0.349 e. The van der Waals surface area contributed by atoms with Crippen molar-refractivity contribution in [3.63, 3.8) is 0 Å². The van der Waals surface area contributed by atoms with E-state index in [1.54, 1.807) is 18.2 Å². The third-order valence-corrected chi connectivity index (χ3v) is 4.53. The van der Waals surface area contributed by atoms with Gasteiger partial charge in [-0.2, -0.15) is 0 Å². The van der Waals surface area contributed by atoms with Gasteiger partial charge in [-0.1, -0.05) is 23.7 Å². The van der Waals surface area contributed by atoms with Crippen LogP contribution in [-0.4, -0.2) is 21.5 Å². The number of sulfone groups is 1. The van der Waals surface area contributed by atoms with Crippen molar-refractivity contribution >= 4 is 32.3 Å². The fourth-order valence-corrected chi connectivity index (χ4v) is 3.28. The van der Waals surface area contributed by atoms with Crippen molar-refractivity contribution in [3.05, 3.63) is 51.9 Å². The minimum Gasteiger partial charge on any atom is -0.465 e. The van der Waals surface area contributed by atoms with Crippen LogP contribution in [0.3, 0.4) is 0 Å². The number of halogens is 1. The normalized spacial score (nSPS) is 17.0. The summed E-state index contributed by atoms with van der Waals surface area (Å²) in [6, 6.07) is 6.42. The molecule has 6 heteroatoms. The van der Waals surface area contributed by atoms with E-state index in [2.05, 4.69) is 4.74 Å². The number of esters is 1. The van der Waals surface area contributed by atoms with E-state index in [9.17, 15) is 13.2 Å². The Hall–Kier alpha value is -1.59. The molecule has 0 atom stereocenters. The van der Waals surface area contributed by atoms with Crippen molar-refractivity contribution in [1.29, 1.82) is 0 Å². The number of allylic oxidation sites excluding steroid dienone is 2. The molecule has 0 saturated carbocycles. The molecule has 0 amide bonds. The summed E-state index contributed by atoms with van der Waals surface area (Å²) in [5, 5.41) is 0.426. The zero-order valence-corrected chi connectivity index (χ0v) is 11.0. The second-order valence-electron chi connectivity index (χ2n) is 3.57. The number of ether oxygens (including phenoxy) is 1. The third-order valence-electron chi connectivity index (χ3n) is 2.46. The lowest BCUT2D eigenvalue weighted by Crippen LogP contribution is -2.13. The molecule has 1 aliphatic heterocycles. The molecule has 0 aromatic heterocycles. The maximum absolute atomic E-state index is 12.1. The van der Waals surface area contributed by atoms with Gasteiger partial charge in [-0.25, -0.2) is 13.2 Å². The first-order valence-corrected chi connectivity index (χ1v) is 6.84. The summed E-state index contributed by atoms with van der Waals surface area (Å²) in [4.78, 5) is 11.0. The van der Waals surface area contributed by atoms with Gasteiger partial charge in [0.15, 0.2) is 4.91 Å². The third kappa shape index (κ3) is 2.07. The highest BCUT2D eigenvalue weighted by atomic mass is 35.5. The Balaban J connectivity index is 2.45. The summed E-state index contributed by atoms with van der Waals surface area (Å²) < 4.78 is 28.7. The lowest BCUT2D eigenvalue weighted by Gasteiger charge is -2.06. The van der Waals surface area contributed by atoms with E-state index in [0.717, 1.165) is 7.11 Å². The van der Waals surface area contributed by atoms with E-state index in [4.69, 9.17) is 11.6 Å². The zero-order chi connectivity index (χ0) is 13.3. The molecule has 1 aromatic carbocycles. The second kappa shape index (κ2) is 4.59. The van der Waals surface area contributed by atoms with Gasteiger partial charge in [-0.15, -0.1) is 0 Å². The second-order valence-corrected chi connectivity index (χ2v) is 5.89. The molecule has 1 aliphatic rings. The molecule has 0 bridgehead atoms. The van der Waals surface area contributed by atoms with Crippen LogP contribution < -0.4 is 0 Å². The largest absolute Gasteiger partial charge is 0.465 e. The number of carbonyl (C=O) groups is 1. The summed E-state index contributed by atoms with van der Waals surface area (Å²) >= 11 is 5.81. The van der Waals surface area contributed by atoms with Crippen LogP contribution in [0.5, 0.6) is 0 Å². The highest BCUT2D eigenvalue weighted by Gasteiger charge is 2.33. The number of hydrogen-bond donors (Lipinski definition) is 0. The van der Waals surface area contributed by atoms with Crippen LogP contribution in [0.1, 0.15) is 5.56 Å². The Labute approximate surface area is 109 Å². The van der Waals surface area contributed by atoms with E-state index in [0.29, 0.717) is 10.6 Å². The van der Waals surface area contributed by atoms with Crippen molar-refractivity contribution in [2.75, 3.05) is 7.11 Å². The Morgan fingerprint density at radius 3 is 2.61 bits per heavy atom. The van der Waals surface area contributed by atoms with Gasteiger partial charge in [0.05, 0.1) is 12.0 Å². The van der Waals surface area contributed by atoms with E-state index in [-0.39, 0.29) is 9.81 Å². The van der Waals surface area contributed by atoms with Gasteiger partial charge in [0.1, 0.15) is 0 Å². The van der Waals surface area contributed by atoms with Crippen LogP contribution in [0.15, 0.2) is 41.3 Å². The molecule has 0 spiro atoms. The van der Waals surface area contributed by atoms with Gasteiger partial charge in [0.2, 0.25) is 9.84 Å². The van der Waals surface area contributed by atoms with Gasteiger partial charge in [-0.05, 0) is 29.8 Å². The number of carbonyl (C=O) groups excluding carboxylic acids is 1. The van der Waals surface area contributed by atoms with E-state index < -0.39 is 15.8 Å². The predicted molar refractivity (Wildman–Crippen MR) is 68.4 cm³/mol. The molecule has 0 unspecified atom stereocenters. The summed E-state index contributed by atoms with van der Waals surface area (Å²) in [6.45, 7) is 0. The van der Waals surface area contributed by atoms with Crippen molar-refractivity contribution < 1.29 is 17.9 Å². The molecule has 1 heterocycles. The van der Waals surface area contributed by atoms with Crippen LogP contribution in [0.2, 0.25) is 5.02 Å². The quantitative estimate of drug-likeness (QED) is 0.781. The molecule has 2 rings (SSSR count). The van der Waals surface area contributed by atoms with E-state index in [1.165, 1.54) is 18.2 Å². The lowest BCUT2D eigenvalue weighted by atomic mass is 10.2. The highest BCUT2D eigenvalue weighted by Crippen LogP contribution is 2.33. The minimum atomic E-state index is -3.82. The average molecular weight is 285 g/mol. The molecule has 0 fully saturated rings. The lowest BCUT2D eigenvalue weighted by molar-refractivity contribution is -0.135. The molecule has 18 heavy (non-hydrogen) atoms. The SMILES string of the molecule is COC(=O)C1=CC=C(c2cccc(Cl)c2)S1(=O)=O. The van der Waals surface area contributed by atoms with Gasteiger partial charge in [-0.3, -0.25) is 0 Å². The first kappa shape index (κ1) is 12.9. The predicted octanol–water partition coefficient (Wildman–Crippen LogP) is 2.17. The Morgan fingerprint density at radius 1 is 1.28 bits per heavy atom. The molecule has 1 aromatic rings. The van der Waals surface area contributed by atoms with Gasteiger partial charge >= 0.3 is 5.97 Å². The molecule has 4 nitrogen and oxygen atoms in total. The molecule has 0 radical (unpaired) electrons. The van der Waals surface area contributed by atoms with Crippen LogP contribution in [0, 0.1) is 0 Å². The fraction of sp³-hybridized carbons (Fsp3) is 0.0833. The van der Waals surface area contributed by atoms with Crippen molar-refractivity contribution in [3.8, 4) is 0 Å². The van der Waals surface area contributed by atoms with E-state index in [1.807, 2.05) is 0 Å². The van der Waals surface area contributed by atoms with Crippen molar-refractivity contribution in [2.24, 2.45) is 0 Å². The summed E-state index contributed by atoms with van der Waals surface area (Å²) in [7, 11) is -2.68. The number of methoxy groups -OCH3 is 1. The maximum atomic E-state index is 12.1. The zero-order valence-electron chi connectivity index (χ0n) is 9.38. The van der Waals surface area contributed by atoms with Gasteiger partial charge in [0.25, 0.3) is 0 Å². The molecule has 0 N–H and O–H groups in total. The minimum absolute atomic E-state index is 0.0467. The summed E-state index contributed by atoms with van der Waals surface area (Å²) in [5.41, 5.74) is 0.442. The Morgan fingerprint density at radius 2 is 2.00 bits per heavy atom. The summed E-state index contributed by atoms with van der Waals surface area (Å²) in [6.07, 6.45) is 2.60.